The molecule has 18 heavy (non-hydrogen) atoms. The van der Waals surface area contributed by atoms with E-state index in [4.69, 9.17) is 11.6 Å². The van der Waals surface area contributed by atoms with Crippen LogP contribution in [0.2, 0.25) is 5.02 Å². The number of nitrogens with zero attached hydrogens (tertiary/aromatic N) is 3. The van der Waals surface area contributed by atoms with Gasteiger partial charge in [0.1, 0.15) is 0 Å². The monoisotopic (exact) mass is 349 g/mol. The molecule has 2 rings (SSSR count). The molecular weight excluding hydrogens is 348 g/mol. The molecule has 2 aromatic rings. The third-order valence-corrected chi connectivity index (χ3v) is 2.67. The van der Waals surface area contributed by atoms with E-state index in [2.05, 4.69) is 10.2 Å². The number of hydrogen-bond donors (Lipinski definition) is 0. The Morgan fingerprint density at radius 3 is 2.28 bits per heavy atom. The van der Waals surface area contributed by atoms with Crippen LogP contribution in [0.5, 0.6) is 0 Å². The Morgan fingerprint density at radius 2 is 1.78 bits per heavy atom. The first kappa shape index (κ1) is 13.5. The summed E-state index contributed by atoms with van der Waals surface area (Å²) in [5.41, 5.74) is -1.45. The summed E-state index contributed by atoms with van der Waals surface area (Å²) in [6.07, 6.45) is -4.24. The van der Waals surface area contributed by atoms with Crippen LogP contribution in [0.4, 0.5) is 22.0 Å². The van der Waals surface area contributed by atoms with Crippen molar-refractivity contribution in [1.29, 1.82) is 0 Å². The number of rotatable bonds is 1. The van der Waals surface area contributed by atoms with Gasteiger partial charge in [-0.25, -0.2) is 0 Å². The first-order valence-corrected chi connectivity index (χ1v) is 5.46. The summed E-state index contributed by atoms with van der Waals surface area (Å²) in [5.74, 6) is -0.981. The van der Waals surface area contributed by atoms with Crippen LogP contribution in [0.1, 0.15) is 11.4 Å². The average Bonchev–Trinajstić information content (AvgIpc) is 2.59. The van der Waals surface area contributed by atoms with Crippen molar-refractivity contribution in [3.05, 3.63) is 28.7 Å². The van der Waals surface area contributed by atoms with Gasteiger partial charge in [0.2, 0.25) is 5.82 Å². The first-order chi connectivity index (χ1) is 8.10. The van der Waals surface area contributed by atoms with Gasteiger partial charge in [-0.1, -0.05) is 11.6 Å². The minimum Gasteiger partial charge on any atom is -0.279 e. The Kier molecular flexibility index (Phi) is 3.01. The minimum absolute atomic E-state index is 0.279. The van der Waals surface area contributed by atoms with Crippen LogP contribution < -0.4 is 0 Å². The molecule has 3 nitrogen and oxygen atoms in total. The second kappa shape index (κ2) is 4.02. The fourth-order valence-electron chi connectivity index (χ4n) is 1.30. The molecule has 0 atom stereocenters. The van der Waals surface area contributed by atoms with Crippen molar-refractivity contribution in [1.82, 2.24) is 14.6 Å². The highest BCUT2D eigenvalue weighted by atomic mass is 79.9. The number of pyridine rings is 1. The average molecular weight is 350 g/mol. The molecule has 0 bridgehead atoms. The molecule has 0 saturated carbocycles. The van der Waals surface area contributed by atoms with Gasteiger partial charge in [0.15, 0.2) is 5.65 Å². The van der Waals surface area contributed by atoms with Gasteiger partial charge < -0.3 is 0 Å². The maximum absolute atomic E-state index is 13.0. The third kappa shape index (κ3) is 2.28. The summed E-state index contributed by atoms with van der Waals surface area (Å²) in [6.45, 7) is 0. The van der Waals surface area contributed by atoms with Crippen molar-refractivity contribution >= 4 is 33.2 Å². The van der Waals surface area contributed by atoms with Crippen LogP contribution in [0.15, 0.2) is 12.3 Å². The molecule has 0 spiro atoms. The van der Waals surface area contributed by atoms with Gasteiger partial charge in [-0.2, -0.15) is 22.0 Å². The van der Waals surface area contributed by atoms with Crippen LogP contribution in [0.25, 0.3) is 5.65 Å². The van der Waals surface area contributed by atoms with E-state index in [1.54, 1.807) is 0 Å². The Labute approximate surface area is 110 Å². The normalized spacial score (nSPS) is 13.3. The summed E-state index contributed by atoms with van der Waals surface area (Å²) in [5, 5.41) is 6.01. The van der Waals surface area contributed by atoms with Crippen LogP contribution in [0.3, 0.4) is 0 Å². The summed E-state index contributed by atoms with van der Waals surface area (Å²) < 4.78 is 64.1. The van der Waals surface area contributed by atoms with E-state index in [1.165, 1.54) is 0 Å². The Bertz CT molecular complexity index is 603. The van der Waals surface area contributed by atoms with Gasteiger partial charge in [-0.3, -0.25) is 4.40 Å². The lowest BCUT2D eigenvalue weighted by Gasteiger charge is -2.10. The predicted molar refractivity (Wildman–Crippen MR) is 55.8 cm³/mol. The number of halogens is 7. The van der Waals surface area contributed by atoms with E-state index in [1.807, 2.05) is 15.9 Å². The van der Waals surface area contributed by atoms with Gasteiger partial charge in [0.25, 0.3) is 0 Å². The molecule has 0 amide bonds. The summed E-state index contributed by atoms with van der Waals surface area (Å²) >= 11 is 7.55. The lowest BCUT2D eigenvalue weighted by atomic mass is 10.3. The van der Waals surface area contributed by atoms with Gasteiger partial charge in [0.05, 0.1) is 10.6 Å². The van der Waals surface area contributed by atoms with Crippen molar-refractivity contribution in [2.24, 2.45) is 0 Å². The van der Waals surface area contributed by atoms with Gasteiger partial charge in [0, 0.05) is 6.20 Å². The molecule has 0 radical (unpaired) electrons. The number of hydrogen-bond acceptors (Lipinski definition) is 2. The SMILES string of the molecule is FC(F)(F)c1cc(Cl)c2nnc(C(F)(F)Br)n2c1. The second-order valence-corrected chi connectivity index (χ2v) is 4.69. The predicted octanol–water partition coefficient (Wildman–Crippen LogP) is 3.85. The smallest absolute Gasteiger partial charge is 0.279 e. The number of alkyl halides is 6. The molecular formula is C8H2BrClF5N3. The van der Waals surface area contributed by atoms with Crippen LogP contribution in [0, 0.1) is 0 Å². The van der Waals surface area contributed by atoms with Crippen molar-refractivity contribution in [3.8, 4) is 0 Å². The number of aromatic nitrogens is 3. The van der Waals surface area contributed by atoms with Crippen molar-refractivity contribution in [2.75, 3.05) is 0 Å². The van der Waals surface area contributed by atoms with E-state index in [-0.39, 0.29) is 5.65 Å². The summed E-state index contributed by atoms with van der Waals surface area (Å²) in [6, 6.07) is 0.599. The van der Waals surface area contributed by atoms with E-state index < -0.39 is 27.4 Å². The minimum atomic E-state index is -4.71. The molecule has 98 valence electrons. The largest absolute Gasteiger partial charge is 0.417 e. The van der Waals surface area contributed by atoms with E-state index in [0.29, 0.717) is 16.7 Å². The highest BCUT2D eigenvalue weighted by Crippen LogP contribution is 2.36. The fraction of sp³-hybridized carbons (Fsp3) is 0.250. The Hall–Kier alpha value is -0.960. The van der Waals surface area contributed by atoms with Crippen LogP contribution in [-0.4, -0.2) is 14.6 Å². The molecule has 2 aromatic heterocycles. The maximum Gasteiger partial charge on any atom is 0.417 e. The Morgan fingerprint density at radius 1 is 1.17 bits per heavy atom. The van der Waals surface area contributed by atoms with Gasteiger partial charge >= 0.3 is 11.0 Å². The van der Waals surface area contributed by atoms with E-state index in [9.17, 15) is 22.0 Å². The molecule has 0 aromatic carbocycles. The number of fused-ring (bicyclic) bond motifs is 1. The van der Waals surface area contributed by atoms with Crippen LogP contribution in [-0.2, 0) is 11.0 Å². The third-order valence-electron chi connectivity index (χ3n) is 2.04. The van der Waals surface area contributed by atoms with Gasteiger partial charge in [-0.15, -0.1) is 10.2 Å². The topological polar surface area (TPSA) is 30.2 Å². The van der Waals surface area contributed by atoms with Gasteiger partial charge in [-0.05, 0) is 22.0 Å². The highest BCUT2D eigenvalue weighted by Gasteiger charge is 2.36. The molecule has 2 heterocycles. The molecule has 10 heteroatoms. The highest BCUT2D eigenvalue weighted by molar-refractivity contribution is 9.09. The van der Waals surface area contributed by atoms with E-state index >= 15 is 0 Å². The quantitative estimate of drug-likeness (QED) is 0.578. The van der Waals surface area contributed by atoms with Crippen molar-refractivity contribution in [3.63, 3.8) is 0 Å². The van der Waals surface area contributed by atoms with Crippen molar-refractivity contribution in [2.45, 2.75) is 11.0 Å². The molecule has 0 aliphatic rings. The fourth-order valence-corrected chi connectivity index (χ4v) is 1.82. The summed E-state index contributed by atoms with van der Waals surface area (Å²) in [4.78, 5) is -3.61. The first-order valence-electron chi connectivity index (χ1n) is 4.29. The molecule has 0 aliphatic heterocycles. The standard InChI is InChI=1S/C8H2BrClF5N3/c9-7(11,12)6-17-16-5-4(10)1-3(2-18(5)6)8(13,14)15/h1-2H. The lowest BCUT2D eigenvalue weighted by Crippen LogP contribution is -2.12. The second-order valence-electron chi connectivity index (χ2n) is 3.29. The maximum atomic E-state index is 13.0. The Balaban J connectivity index is 2.77. The zero-order valence-electron chi connectivity index (χ0n) is 8.14. The zero-order valence-corrected chi connectivity index (χ0v) is 10.5. The lowest BCUT2D eigenvalue weighted by molar-refractivity contribution is -0.137. The summed E-state index contributed by atoms with van der Waals surface area (Å²) in [7, 11) is 0. The molecule has 0 N–H and O–H groups in total. The van der Waals surface area contributed by atoms with Crippen molar-refractivity contribution < 1.29 is 22.0 Å². The molecule has 0 unspecified atom stereocenters. The van der Waals surface area contributed by atoms with E-state index in [0.717, 1.165) is 0 Å². The zero-order chi connectivity index (χ0) is 13.7. The molecule has 0 fully saturated rings. The molecule has 0 aliphatic carbocycles. The molecule has 0 saturated heterocycles. The van der Waals surface area contributed by atoms with Crippen LogP contribution >= 0.6 is 27.5 Å².